The zero-order valence-electron chi connectivity index (χ0n) is 17.4. The molecule has 1 aliphatic heterocycles. The van der Waals surface area contributed by atoms with Crippen LogP contribution >= 0.6 is 0 Å². The molecule has 2 aromatic carbocycles. The van der Waals surface area contributed by atoms with Crippen molar-refractivity contribution in [2.24, 2.45) is 11.7 Å². The first kappa shape index (κ1) is 20.6. The molecule has 4 nitrogen and oxygen atoms in total. The topological polar surface area (TPSA) is 58.4 Å². The third-order valence-electron chi connectivity index (χ3n) is 5.90. The van der Waals surface area contributed by atoms with Gasteiger partial charge in [0.1, 0.15) is 0 Å². The first-order valence-electron chi connectivity index (χ1n) is 10.3. The van der Waals surface area contributed by atoms with Gasteiger partial charge < -0.3 is 11.1 Å². The molecule has 1 heterocycles. The molecule has 1 unspecified atom stereocenters. The van der Waals surface area contributed by atoms with E-state index in [4.69, 9.17) is 5.73 Å². The summed E-state index contributed by atoms with van der Waals surface area (Å²) in [4.78, 5) is 13.8. The van der Waals surface area contributed by atoms with E-state index in [1.165, 1.54) is 33.4 Å². The Balaban J connectivity index is 1.55. The highest BCUT2D eigenvalue weighted by Crippen LogP contribution is 2.19. The molecule has 4 heteroatoms. The molecule has 1 aliphatic rings. The zero-order valence-corrected chi connectivity index (χ0v) is 17.4. The molecular weight excluding hydrogens is 346 g/mol. The van der Waals surface area contributed by atoms with Gasteiger partial charge in [0.15, 0.2) is 0 Å². The van der Waals surface area contributed by atoms with Crippen LogP contribution in [0.2, 0.25) is 0 Å². The van der Waals surface area contributed by atoms with Gasteiger partial charge in [-0.15, -0.1) is 0 Å². The van der Waals surface area contributed by atoms with Gasteiger partial charge in [-0.2, -0.15) is 0 Å². The van der Waals surface area contributed by atoms with Gasteiger partial charge in [-0.05, 0) is 73.5 Å². The van der Waals surface area contributed by atoms with Crippen molar-refractivity contribution in [3.05, 3.63) is 69.8 Å². The average molecular weight is 380 g/mol. The molecule has 0 spiro atoms. The molecule has 0 bridgehead atoms. The second-order valence-electron chi connectivity index (χ2n) is 8.26. The maximum atomic E-state index is 11.5. The van der Waals surface area contributed by atoms with Gasteiger partial charge in [-0.25, -0.2) is 0 Å². The smallest absolute Gasteiger partial charge is 0.221 e. The minimum atomic E-state index is -0.163. The summed E-state index contributed by atoms with van der Waals surface area (Å²) >= 11 is 0. The summed E-state index contributed by atoms with van der Waals surface area (Å²) in [6.07, 6.45) is 1.97. The number of likely N-dealkylation sites (tertiary alicyclic amines) is 1. The monoisotopic (exact) mass is 379 g/mol. The van der Waals surface area contributed by atoms with Crippen molar-refractivity contribution in [2.45, 2.75) is 53.2 Å². The second kappa shape index (κ2) is 9.35. The molecule has 3 rings (SSSR count). The maximum Gasteiger partial charge on any atom is 0.221 e. The quantitative estimate of drug-likeness (QED) is 0.773. The number of nitrogens with two attached hydrogens (primary N) is 1. The molecule has 28 heavy (non-hydrogen) atoms. The molecule has 3 N–H and O–H groups in total. The number of aryl methyl sites for hydroxylation is 3. The lowest BCUT2D eigenvalue weighted by molar-refractivity contribution is -0.123. The number of nitrogens with one attached hydrogen (secondary N) is 1. The Labute approximate surface area is 169 Å². The van der Waals surface area contributed by atoms with Crippen molar-refractivity contribution in [3.63, 3.8) is 0 Å². The standard InChI is InChI=1S/C24H33N3O/c1-17-10-19(3)23(11-18(17)2)14-26-13-20-6-4-7-21(12-20)15-27-9-5-8-22(16-27)24(25)28/h4,6-7,10-12,22,26H,5,8-9,13-16H2,1-3H3,(H2,25,28). The molecule has 0 saturated carbocycles. The first-order valence-corrected chi connectivity index (χ1v) is 10.3. The molecule has 1 amide bonds. The molecular formula is C24H33N3O. The van der Waals surface area contributed by atoms with E-state index in [0.29, 0.717) is 0 Å². The number of benzene rings is 2. The summed E-state index contributed by atoms with van der Waals surface area (Å²) in [6.45, 7) is 11.0. The molecule has 0 aliphatic carbocycles. The van der Waals surface area contributed by atoms with Gasteiger partial charge in [-0.1, -0.05) is 36.4 Å². The molecule has 1 atom stereocenters. The summed E-state index contributed by atoms with van der Waals surface area (Å²) in [5.74, 6) is -0.163. The van der Waals surface area contributed by atoms with Crippen LogP contribution in [-0.2, 0) is 24.4 Å². The SMILES string of the molecule is Cc1cc(C)c(CNCc2cccc(CN3CCCC(C(N)=O)C3)c2)cc1C. The molecule has 1 saturated heterocycles. The van der Waals surface area contributed by atoms with Gasteiger partial charge in [0, 0.05) is 26.2 Å². The van der Waals surface area contributed by atoms with Crippen molar-refractivity contribution in [2.75, 3.05) is 13.1 Å². The number of nitrogens with zero attached hydrogens (tertiary/aromatic N) is 1. The highest BCUT2D eigenvalue weighted by Gasteiger charge is 2.23. The predicted molar refractivity (Wildman–Crippen MR) is 115 cm³/mol. The van der Waals surface area contributed by atoms with Crippen LogP contribution in [0.4, 0.5) is 0 Å². The summed E-state index contributed by atoms with van der Waals surface area (Å²) in [7, 11) is 0. The van der Waals surface area contributed by atoms with Crippen LogP contribution in [0.25, 0.3) is 0 Å². The van der Waals surface area contributed by atoms with Crippen LogP contribution in [0.5, 0.6) is 0 Å². The fourth-order valence-corrected chi connectivity index (χ4v) is 4.08. The largest absolute Gasteiger partial charge is 0.369 e. The lowest BCUT2D eigenvalue weighted by atomic mass is 9.97. The minimum Gasteiger partial charge on any atom is -0.369 e. The Morgan fingerprint density at radius 3 is 2.61 bits per heavy atom. The summed E-state index contributed by atoms with van der Waals surface area (Å²) < 4.78 is 0. The van der Waals surface area contributed by atoms with Crippen molar-refractivity contribution in [1.82, 2.24) is 10.2 Å². The number of piperidine rings is 1. The van der Waals surface area contributed by atoms with E-state index in [1.807, 2.05) is 0 Å². The van der Waals surface area contributed by atoms with Crippen LogP contribution in [-0.4, -0.2) is 23.9 Å². The highest BCUT2D eigenvalue weighted by molar-refractivity contribution is 5.76. The van der Waals surface area contributed by atoms with E-state index in [0.717, 1.165) is 45.6 Å². The van der Waals surface area contributed by atoms with Gasteiger partial charge in [-0.3, -0.25) is 9.69 Å². The third kappa shape index (κ3) is 5.43. The molecule has 150 valence electrons. The number of rotatable bonds is 7. The Hall–Kier alpha value is -2.17. The Morgan fingerprint density at radius 1 is 1.07 bits per heavy atom. The number of carbonyl (C=O) groups excluding carboxylic acids is 1. The zero-order chi connectivity index (χ0) is 20.1. The molecule has 2 aromatic rings. The predicted octanol–water partition coefficient (Wildman–Crippen LogP) is 3.60. The lowest BCUT2D eigenvalue weighted by Crippen LogP contribution is -2.40. The molecule has 1 fully saturated rings. The third-order valence-corrected chi connectivity index (χ3v) is 5.90. The number of carbonyl (C=O) groups is 1. The second-order valence-corrected chi connectivity index (χ2v) is 8.26. The number of hydrogen-bond acceptors (Lipinski definition) is 3. The van der Waals surface area contributed by atoms with Crippen LogP contribution in [0, 0.1) is 26.7 Å². The fourth-order valence-electron chi connectivity index (χ4n) is 4.08. The van der Waals surface area contributed by atoms with E-state index in [-0.39, 0.29) is 11.8 Å². The van der Waals surface area contributed by atoms with E-state index in [2.05, 4.69) is 67.4 Å². The number of hydrogen-bond donors (Lipinski definition) is 2. The van der Waals surface area contributed by atoms with E-state index in [9.17, 15) is 4.79 Å². The van der Waals surface area contributed by atoms with E-state index < -0.39 is 0 Å². The Morgan fingerprint density at radius 2 is 1.82 bits per heavy atom. The number of primary amides is 1. The average Bonchev–Trinajstić information content (AvgIpc) is 2.66. The van der Waals surface area contributed by atoms with Crippen LogP contribution in [0.3, 0.4) is 0 Å². The van der Waals surface area contributed by atoms with Gasteiger partial charge in [0.05, 0.1) is 5.92 Å². The van der Waals surface area contributed by atoms with Crippen molar-refractivity contribution < 1.29 is 4.79 Å². The van der Waals surface area contributed by atoms with Crippen LogP contribution in [0.1, 0.15) is 46.2 Å². The molecule has 0 aromatic heterocycles. The lowest BCUT2D eigenvalue weighted by Gasteiger charge is -2.31. The summed E-state index contributed by atoms with van der Waals surface area (Å²) in [5.41, 5.74) is 13.5. The van der Waals surface area contributed by atoms with Gasteiger partial charge in [0.25, 0.3) is 0 Å². The normalized spacial score (nSPS) is 17.6. The summed E-state index contributed by atoms with van der Waals surface area (Å²) in [6, 6.07) is 13.3. The Kier molecular flexibility index (Phi) is 6.87. The van der Waals surface area contributed by atoms with Gasteiger partial charge in [0.2, 0.25) is 5.91 Å². The first-order chi connectivity index (χ1) is 13.4. The van der Waals surface area contributed by atoms with E-state index >= 15 is 0 Å². The number of amides is 1. The van der Waals surface area contributed by atoms with Crippen LogP contribution < -0.4 is 11.1 Å². The Bertz CT molecular complexity index is 831. The summed E-state index contributed by atoms with van der Waals surface area (Å²) in [5, 5.41) is 3.58. The van der Waals surface area contributed by atoms with E-state index in [1.54, 1.807) is 0 Å². The van der Waals surface area contributed by atoms with Crippen LogP contribution in [0.15, 0.2) is 36.4 Å². The maximum absolute atomic E-state index is 11.5. The van der Waals surface area contributed by atoms with Crippen molar-refractivity contribution in [3.8, 4) is 0 Å². The molecule has 0 radical (unpaired) electrons. The minimum absolute atomic E-state index is 0.000181. The van der Waals surface area contributed by atoms with Crippen molar-refractivity contribution >= 4 is 5.91 Å². The fraction of sp³-hybridized carbons (Fsp3) is 0.458. The van der Waals surface area contributed by atoms with Gasteiger partial charge >= 0.3 is 0 Å². The van der Waals surface area contributed by atoms with Crippen molar-refractivity contribution in [1.29, 1.82) is 0 Å². The highest BCUT2D eigenvalue weighted by atomic mass is 16.1.